The van der Waals surface area contributed by atoms with Gasteiger partial charge >= 0.3 is 0 Å². The lowest BCUT2D eigenvalue weighted by Crippen LogP contribution is -1.87. The molecule has 13 heavy (non-hydrogen) atoms. The average molecular weight is 198 g/mol. The molecule has 0 saturated heterocycles. The van der Waals surface area contributed by atoms with Crippen LogP contribution < -0.4 is 0 Å². The van der Waals surface area contributed by atoms with Gasteiger partial charge in [-0.05, 0) is 23.7 Å². The number of H-pyrrole nitrogens is 1. The normalized spacial score (nSPS) is 10.6. The summed E-state index contributed by atoms with van der Waals surface area (Å²) in [6, 6.07) is 4.54. The van der Waals surface area contributed by atoms with Crippen LogP contribution in [0.25, 0.3) is 10.9 Å². The van der Waals surface area contributed by atoms with Crippen molar-refractivity contribution in [2.45, 2.75) is 0 Å². The molecule has 0 unspecified atom stereocenters. The number of fused-ring (bicyclic) bond motifs is 1. The SMILES string of the molecule is O=C(Cl)c1c[nH]c2cccc(F)c12. The Morgan fingerprint density at radius 1 is 1.46 bits per heavy atom. The minimum atomic E-state index is -0.656. The predicted molar refractivity (Wildman–Crippen MR) is 48.4 cm³/mol. The number of halogens is 2. The molecule has 2 rings (SSSR count). The summed E-state index contributed by atoms with van der Waals surface area (Å²) in [6.45, 7) is 0. The van der Waals surface area contributed by atoms with Gasteiger partial charge in [0.25, 0.3) is 5.24 Å². The first-order valence-corrected chi connectivity index (χ1v) is 4.03. The second kappa shape index (κ2) is 2.85. The van der Waals surface area contributed by atoms with E-state index in [0.717, 1.165) is 0 Å². The second-order valence-corrected chi connectivity index (χ2v) is 2.98. The highest BCUT2D eigenvalue weighted by atomic mass is 35.5. The van der Waals surface area contributed by atoms with E-state index in [4.69, 9.17) is 11.6 Å². The maximum Gasteiger partial charge on any atom is 0.254 e. The molecule has 0 atom stereocenters. The minimum absolute atomic E-state index is 0.176. The summed E-state index contributed by atoms with van der Waals surface area (Å²) in [5.74, 6) is -0.442. The third-order valence-electron chi connectivity index (χ3n) is 1.87. The number of carbonyl (C=O) groups excluding carboxylic acids is 1. The molecule has 1 N–H and O–H groups in total. The predicted octanol–water partition coefficient (Wildman–Crippen LogP) is 2.69. The number of hydrogen-bond acceptors (Lipinski definition) is 1. The molecule has 2 aromatic rings. The first-order valence-electron chi connectivity index (χ1n) is 3.65. The Bertz CT molecular complexity index is 477. The van der Waals surface area contributed by atoms with Gasteiger partial charge in [0, 0.05) is 17.1 Å². The highest BCUT2D eigenvalue weighted by Crippen LogP contribution is 2.22. The molecule has 0 aliphatic rings. The largest absolute Gasteiger partial charge is 0.360 e. The number of rotatable bonds is 1. The van der Waals surface area contributed by atoms with Crippen LogP contribution in [-0.4, -0.2) is 10.2 Å². The number of benzene rings is 1. The third kappa shape index (κ3) is 1.21. The summed E-state index contributed by atoms with van der Waals surface area (Å²) in [5.41, 5.74) is 0.749. The van der Waals surface area contributed by atoms with E-state index in [1.807, 2.05) is 0 Å². The molecule has 0 fully saturated rings. The maximum atomic E-state index is 13.2. The number of carbonyl (C=O) groups is 1. The number of aromatic amines is 1. The molecule has 4 heteroatoms. The van der Waals surface area contributed by atoms with Crippen molar-refractivity contribution in [3.8, 4) is 0 Å². The molecule has 0 amide bonds. The van der Waals surface area contributed by atoms with Gasteiger partial charge in [0.1, 0.15) is 5.82 Å². The lowest BCUT2D eigenvalue weighted by molar-refractivity contribution is 0.108. The molecule has 0 spiro atoms. The van der Waals surface area contributed by atoms with Gasteiger partial charge in [0.2, 0.25) is 0 Å². The molecule has 2 nitrogen and oxygen atoms in total. The molecule has 1 aromatic heterocycles. The quantitative estimate of drug-likeness (QED) is 0.701. The van der Waals surface area contributed by atoms with Crippen molar-refractivity contribution in [3.63, 3.8) is 0 Å². The molecule has 0 aliphatic carbocycles. The van der Waals surface area contributed by atoms with Gasteiger partial charge in [0.15, 0.2) is 0 Å². The molecule has 0 aliphatic heterocycles. The van der Waals surface area contributed by atoms with Gasteiger partial charge in [-0.25, -0.2) is 4.39 Å². The van der Waals surface area contributed by atoms with Crippen molar-refractivity contribution in [1.29, 1.82) is 0 Å². The fraction of sp³-hybridized carbons (Fsp3) is 0. The van der Waals surface area contributed by atoms with Crippen molar-refractivity contribution in [2.75, 3.05) is 0 Å². The van der Waals surface area contributed by atoms with Crippen molar-refractivity contribution >= 4 is 27.7 Å². The van der Waals surface area contributed by atoms with E-state index in [1.165, 1.54) is 12.3 Å². The third-order valence-corrected chi connectivity index (χ3v) is 2.07. The second-order valence-electron chi connectivity index (χ2n) is 2.64. The summed E-state index contributed by atoms with van der Waals surface area (Å²) in [6.07, 6.45) is 1.41. The fourth-order valence-electron chi connectivity index (χ4n) is 1.30. The van der Waals surface area contributed by atoms with Gasteiger partial charge < -0.3 is 4.98 Å². The van der Waals surface area contributed by atoms with E-state index >= 15 is 0 Å². The molecule has 0 bridgehead atoms. The minimum Gasteiger partial charge on any atom is -0.360 e. The summed E-state index contributed by atoms with van der Waals surface area (Å²) >= 11 is 5.27. The maximum absolute atomic E-state index is 13.2. The first kappa shape index (κ1) is 8.26. The highest BCUT2D eigenvalue weighted by Gasteiger charge is 2.12. The molecule has 0 radical (unpaired) electrons. The van der Waals surface area contributed by atoms with Crippen LogP contribution in [0.2, 0.25) is 0 Å². The zero-order valence-electron chi connectivity index (χ0n) is 6.47. The topological polar surface area (TPSA) is 32.9 Å². The van der Waals surface area contributed by atoms with Crippen molar-refractivity contribution in [2.24, 2.45) is 0 Å². The van der Waals surface area contributed by atoms with Crippen LogP contribution in [-0.2, 0) is 0 Å². The first-order chi connectivity index (χ1) is 6.20. The van der Waals surface area contributed by atoms with Gasteiger partial charge in [0.05, 0.1) is 5.56 Å². The van der Waals surface area contributed by atoms with E-state index < -0.39 is 11.1 Å². The molecular formula is C9H5ClFNO. The Morgan fingerprint density at radius 2 is 2.23 bits per heavy atom. The molecule has 0 saturated carbocycles. The van der Waals surface area contributed by atoms with E-state index in [0.29, 0.717) is 5.52 Å². The highest BCUT2D eigenvalue weighted by molar-refractivity contribution is 6.68. The number of nitrogens with one attached hydrogen (secondary N) is 1. The van der Waals surface area contributed by atoms with E-state index in [9.17, 15) is 9.18 Å². The fourth-order valence-corrected chi connectivity index (χ4v) is 1.44. The van der Waals surface area contributed by atoms with Crippen LogP contribution in [0.15, 0.2) is 24.4 Å². The van der Waals surface area contributed by atoms with Gasteiger partial charge in [-0.15, -0.1) is 0 Å². The van der Waals surface area contributed by atoms with E-state index in [1.54, 1.807) is 12.1 Å². The van der Waals surface area contributed by atoms with Gasteiger partial charge in [-0.2, -0.15) is 0 Å². The van der Waals surface area contributed by atoms with E-state index in [2.05, 4.69) is 4.98 Å². The Kier molecular flexibility index (Phi) is 1.81. The van der Waals surface area contributed by atoms with Gasteiger partial charge in [-0.1, -0.05) is 6.07 Å². The smallest absolute Gasteiger partial charge is 0.254 e. The number of hydrogen-bond donors (Lipinski definition) is 1. The average Bonchev–Trinajstić information content (AvgIpc) is 2.49. The lowest BCUT2D eigenvalue weighted by atomic mass is 10.2. The Morgan fingerprint density at radius 3 is 2.92 bits per heavy atom. The van der Waals surface area contributed by atoms with Crippen LogP contribution in [0.1, 0.15) is 10.4 Å². The Labute approximate surface area is 78.3 Å². The van der Waals surface area contributed by atoms with Crippen molar-refractivity contribution in [3.05, 3.63) is 35.8 Å². The zero-order valence-corrected chi connectivity index (χ0v) is 7.23. The van der Waals surface area contributed by atoms with Crippen LogP contribution >= 0.6 is 11.6 Å². The lowest BCUT2D eigenvalue weighted by Gasteiger charge is -1.93. The van der Waals surface area contributed by atoms with E-state index in [-0.39, 0.29) is 10.9 Å². The molecule has 66 valence electrons. The van der Waals surface area contributed by atoms with Crippen LogP contribution in [0, 0.1) is 5.82 Å². The van der Waals surface area contributed by atoms with Gasteiger partial charge in [-0.3, -0.25) is 4.79 Å². The summed E-state index contributed by atoms with van der Waals surface area (Å²) in [5, 5.41) is -0.404. The van der Waals surface area contributed by atoms with Crippen molar-refractivity contribution < 1.29 is 9.18 Å². The number of aromatic nitrogens is 1. The Balaban J connectivity index is 2.86. The summed E-state index contributed by atoms with van der Waals surface area (Å²) in [4.78, 5) is 13.6. The zero-order chi connectivity index (χ0) is 9.42. The van der Waals surface area contributed by atoms with Crippen molar-refractivity contribution in [1.82, 2.24) is 4.98 Å². The monoisotopic (exact) mass is 197 g/mol. The summed E-state index contributed by atoms with van der Waals surface area (Å²) < 4.78 is 13.2. The standard InChI is InChI=1S/C9H5ClFNO/c10-9(13)5-4-12-7-3-1-2-6(11)8(5)7/h1-4,12H. The van der Waals surface area contributed by atoms with Crippen LogP contribution in [0.5, 0.6) is 0 Å². The Hall–Kier alpha value is -1.35. The molecular weight excluding hydrogens is 193 g/mol. The summed E-state index contributed by atoms with van der Waals surface area (Å²) in [7, 11) is 0. The van der Waals surface area contributed by atoms with Crippen LogP contribution in [0.4, 0.5) is 4.39 Å². The molecule has 1 heterocycles. The molecule has 1 aromatic carbocycles. The van der Waals surface area contributed by atoms with Crippen LogP contribution in [0.3, 0.4) is 0 Å².